The lowest BCUT2D eigenvalue weighted by Crippen LogP contribution is -2.27. The van der Waals surface area contributed by atoms with Gasteiger partial charge in [-0.25, -0.2) is 0 Å². The number of para-hydroxylation sites is 1. The number of nitrogens with one attached hydrogen (secondary N) is 2. The SMILES string of the molecule is COc1nc(CNC(=O)Cc2c[nH]c3ccccc23)nc(N2CCCC2)n1. The molecule has 1 aliphatic rings. The fourth-order valence-electron chi connectivity index (χ4n) is 3.31. The number of aromatic amines is 1. The Labute approximate surface area is 157 Å². The maximum absolute atomic E-state index is 12.4. The van der Waals surface area contributed by atoms with E-state index in [-0.39, 0.29) is 18.5 Å². The zero-order valence-electron chi connectivity index (χ0n) is 15.2. The van der Waals surface area contributed by atoms with Gasteiger partial charge in [-0.1, -0.05) is 18.2 Å². The number of aromatic nitrogens is 4. The van der Waals surface area contributed by atoms with Crippen molar-refractivity contribution < 1.29 is 9.53 Å². The molecule has 1 aromatic carbocycles. The Bertz CT molecular complexity index is 948. The second kappa shape index (κ2) is 7.61. The molecule has 2 aromatic heterocycles. The summed E-state index contributed by atoms with van der Waals surface area (Å²) in [6.07, 6.45) is 4.43. The number of H-pyrrole nitrogens is 1. The summed E-state index contributed by atoms with van der Waals surface area (Å²) in [6.45, 7) is 2.10. The van der Waals surface area contributed by atoms with Crippen molar-refractivity contribution in [1.29, 1.82) is 0 Å². The Morgan fingerprint density at radius 1 is 1.22 bits per heavy atom. The number of hydrogen-bond donors (Lipinski definition) is 2. The second-order valence-electron chi connectivity index (χ2n) is 6.55. The van der Waals surface area contributed by atoms with Crippen LogP contribution in [0.15, 0.2) is 30.5 Å². The number of amides is 1. The number of nitrogens with zero attached hydrogens (tertiary/aromatic N) is 4. The molecule has 8 heteroatoms. The highest BCUT2D eigenvalue weighted by atomic mass is 16.5. The summed E-state index contributed by atoms with van der Waals surface area (Å²) in [7, 11) is 1.53. The molecule has 0 spiro atoms. The van der Waals surface area contributed by atoms with E-state index in [2.05, 4.69) is 30.2 Å². The van der Waals surface area contributed by atoms with Crippen LogP contribution in [-0.4, -0.2) is 46.0 Å². The van der Waals surface area contributed by atoms with E-state index in [1.165, 1.54) is 7.11 Å². The van der Waals surface area contributed by atoms with Gasteiger partial charge in [-0.05, 0) is 24.5 Å². The van der Waals surface area contributed by atoms with Crippen molar-refractivity contribution in [3.05, 3.63) is 41.9 Å². The maximum Gasteiger partial charge on any atom is 0.321 e. The van der Waals surface area contributed by atoms with Gasteiger partial charge in [0.25, 0.3) is 0 Å². The predicted molar refractivity (Wildman–Crippen MR) is 102 cm³/mol. The summed E-state index contributed by atoms with van der Waals surface area (Å²) in [5.74, 6) is 1.03. The van der Waals surface area contributed by atoms with Gasteiger partial charge in [-0.15, -0.1) is 0 Å². The van der Waals surface area contributed by atoms with E-state index in [9.17, 15) is 4.79 Å². The first-order valence-electron chi connectivity index (χ1n) is 9.08. The molecule has 0 saturated carbocycles. The number of benzene rings is 1. The molecule has 0 bridgehead atoms. The monoisotopic (exact) mass is 366 g/mol. The van der Waals surface area contributed by atoms with E-state index in [1.807, 2.05) is 30.5 Å². The average Bonchev–Trinajstić information content (AvgIpc) is 3.37. The van der Waals surface area contributed by atoms with Crippen molar-refractivity contribution in [3.8, 4) is 6.01 Å². The largest absolute Gasteiger partial charge is 0.467 e. The average molecular weight is 366 g/mol. The van der Waals surface area contributed by atoms with E-state index in [0.717, 1.165) is 42.4 Å². The summed E-state index contributed by atoms with van der Waals surface area (Å²) in [6, 6.07) is 8.21. The summed E-state index contributed by atoms with van der Waals surface area (Å²) in [5.41, 5.74) is 1.99. The van der Waals surface area contributed by atoms with Crippen LogP contribution >= 0.6 is 0 Å². The molecule has 140 valence electrons. The number of anilines is 1. The maximum atomic E-state index is 12.4. The van der Waals surface area contributed by atoms with E-state index in [0.29, 0.717) is 18.2 Å². The molecule has 0 atom stereocenters. The highest BCUT2D eigenvalue weighted by Gasteiger charge is 2.18. The van der Waals surface area contributed by atoms with E-state index in [1.54, 1.807) is 0 Å². The number of rotatable bonds is 6. The third-order valence-corrected chi connectivity index (χ3v) is 4.69. The molecule has 1 saturated heterocycles. The molecular weight excluding hydrogens is 344 g/mol. The topological polar surface area (TPSA) is 96.0 Å². The predicted octanol–water partition coefficient (Wildman–Crippen LogP) is 1.82. The summed E-state index contributed by atoms with van der Waals surface area (Å²) < 4.78 is 5.19. The number of hydrogen-bond acceptors (Lipinski definition) is 6. The number of carbonyl (C=O) groups is 1. The smallest absolute Gasteiger partial charge is 0.321 e. The van der Waals surface area contributed by atoms with Crippen LogP contribution in [0.3, 0.4) is 0 Å². The van der Waals surface area contributed by atoms with Gasteiger partial charge in [0, 0.05) is 30.2 Å². The second-order valence-corrected chi connectivity index (χ2v) is 6.55. The first kappa shape index (κ1) is 17.3. The van der Waals surface area contributed by atoms with Crippen LogP contribution in [0.25, 0.3) is 10.9 Å². The molecule has 3 aromatic rings. The molecule has 1 fully saturated rings. The minimum absolute atomic E-state index is 0.0816. The Morgan fingerprint density at radius 3 is 2.85 bits per heavy atom. The molecule has 27 heavy (non-hydrogen) atoms. The Kier molecular flexibility index (Phi) is 4.86. The molecular formula is C19H22N6O2. The molecule has 0 radical (unpaired) electrons. The lowest BCUT2D eigenvalue weighted by Gasteiger charge is -2.16. The lowest BCUT2D eigenvalue weighted by atomic mass is 10.1. The third-order valence-electron chi connectivity index (χ3n) is 4.69. The number of ether oxygens (including phenoxy) is 1. The Balaban J connectivity index is 1.43. The Morgan fingerprint density at radius 2 is 2.04 bits per heavy atom. The van der Waals surface area contributed by atoms with Crippen LogP contribution in [0.5, 0.6) is 6.01 Å². The van der Waals surface area contributed by atoms with Gasteiger partial charge in [0.05, 0.1) is 20.1 Å². The highest BCUT2D eigenvalue weighted by molar-refractivity contribution is 5.88. The molecule has 3 heterocycles. The number of carbonyl (C=O) groups excluding carboxylic acids is 1. The zero-order chi connectivity index (χ0) is 18.6. The van der Waals surface area contributed by atoms with Gasteiger partial charge < -0.3 is 19.9 Å². The van der Waals surface area contributed by atoms with Gasteiger partial charge in [-0.3, -0.25) is 4.79 Å². The van der Waals surface area contributed by atoms with Gasteiger partial charge in [0.2, 0.25) is 11.9 Å². The van der Waals surface area contributed by atoms with Gasteiger partial charge in [0.15, 0.2) is 5.82 Å². The molecule has 1 amide bonds. The van der Waals surface area contributed by atoms with Crippen molar-refractivity contribution >= 4 is 22.8 Å². The highest BCUT2D eigenvalue weighted by Crippen LogP contribution is 2.19. The summed E-state index contributed by atoms with van der Waals surface area (Å²) in [4.78, 5) is 30.7. The van der Waals surface area contributed by atoms with Crippen LogP contribution in [0.4, 0.5) is 5.95 Å². The molecule has 2 N–H and O–H groups in total. The fourth-order valence-corrected chi connectivity index (χ4v) is 3.31. The molecule has 1 aliphatic heterocycles. The van der Waals surface area contributed by atoms with Crippen molar-refractivity contribution in [2.45, 2.75) is 25.8 Å². The van der Waals surface area contributed by atoms with E-state index < -0.39 is 0 Å². The first-order valence-corrected chi connectivity index (χ1v) is 9.08. The van der Waals surface area contributed by atoms with Crippen molar-refractivity contribution in [2.24, 2.45) is 0 Å². The number of methoxy groups -OCH3 is 1. The first-order chi connectivity index (χ1) is 13.2. The van der Waals surface area contributed by atoms with Gasteiger partial charge in [-0.2, -0.15) is 15.0 Å². The van der Waals surface area contributed by atoms with Crippen molar-refractivity contribution in [2.75, 3.05) is 25.1 Å². The van der Waals surface area contributed by atoms with Crippen LogP contribution in [-0.2, 0) is 17.8 Å². The normalized spacial score (nSPS) is 13.9. The van der Waals surface area contributed by atoms with Crippen LogP contribution in [0.1, 0.15) is 24.2 Å². The standard InChI is InChI=1S/C19H22N6O2/c1-27-19-23-16(22-18(24-19)25-8-4-5-9-25)12-21-17(26)10-13-11-20-15-7-3-2-6-14(13)15/h2-3,6-7,11,20H,4-5,8-10,12H2,1H3,(H,21,26). The summed E-state index contributed by atoms with van der Waals surface area (Å²) in [5, 5.41) is 3.95. The fraction of sp³-hybridized carbons (Fsp3) is 0.368. The molecule has 4 rings (SSSR count). The molecule has 0 unspecified atom stereocenters. The minimum atomic E-state index is -0.0816. The van der Waals surface area contributed by atoms with Crippen LogP contribution < -0.4 is 15.0 Å². The quantitative estimate of drug-likeness (QED) is 0.691. The third kappa shape index (κ3) is 3.84. The van der Waals surface area contributed by atoms with Crippen LogP contribution in [0, 0.1) is 0 Å². The van der Waals surface area contributed by atoms with Crippen molar-refractivity contribution in [1.82, 2.24) is 25.3 Å². The van der Waals surface area contributed by atoms with E-state index in [4.69, 9.17) is 4.74 Å². The van der Waals surface area contributed by atoms with Crippen LogP contribution in [0.2, 0.25) is 0 Å². The number of fused-ring (bicyclic) bond motifs is 1. The Hall–Kier alpha value is -3.16. The summed E-state index contributed by atoms with van der Waals surface area (Å²) >= 11 is 0. The van der Waals surface area contributed by atoms with Gasteiger partial charge in [0.1, 0.15) is 0 Å². The van der Waals surface area contributed by atoms with E-state index >= 15 is 0 Å². The molecule has 0 aliphatic carbocycles. The lowest BCUT2D eigenvalue weighted by molar-refractivity contribution is -0.120. The molecule has 8 nitrogen and oxygen atoms in total. The van der Waals surface area contributed by atoms with Crippen molar-refractivity contribution in [3.63, 3.8) is 0 Å². The van der Waals surface area contributed by atoms with Gasteiger partial charge >= 0.3 is 6.01 Å². The minimum Gasteiger partial charge on any atom is -0.467 e. The zero-order valence-corrected chi connectivity index (χ0v) is 15.2.